The highest BCUT2D eigenvalue weighted by Gasteiger charge is 2.41. The SMILES string of the molecule is C=C(C)C1CC=C(C)C(=O)C1C(C)C1OCCO1. The summed E-state index contributed by atoms with van der Waals surface area (Å²) in [6.07, 6.45) is 2.68. The number of hydrogen-bond donors (Lipinski definition) is 0. The molecule has 1 aliphatic heterocycles. The summed E-state index contributed by atoms with van der Waals surface area (Å²) in [4.78, 5) is 12.4. The van der Waals surface area contributed by atoms with Crippen molar-refractivity contribution >= 4 is 5.78 Å². The molecule has 0 N–H and O–H groups in total. The molecule has 0 aromatic rings. The first-order chi connectivity index (χ1) is 8.52. The van der Waals surface area contributed by atoms with E-state index in [2.05, 4.69) is 6.58 Å². The quantitative estimate of drug-likeness (QED) is 0.722. The van der Waals surface area contributed by atoms with Gasteiger partial charge in [-0.15, -0.1) is 0 Å². The maximum absolute atomic E-state index is 12.4. The van der Waals surface area contributed by atoms with E-state index in [1.807, 2.05) is 26.8 Å². The predicted molar refractivity (Wildman–Crippen MR) is 70.0 cm³/mol. The van der Waals surface area contributed by atoms with Gasteiger partial charge in [-0.1, -0.05) is 25.2 Å². The van der Waals surface area contributed by atoms with Crippen molar-refractivity contribution in [1.82, 2.24) is 0 Å². The Bertz CT molecular complexity index is 377. The summed E-state index contributed by atoms with van der Waals surface area (Å²) in [5.41, 5.74) is 1.93. The van der Waals surface area contributed by atoms with E-state index >= 15 is 0 Å². The molecule has 2 rings (SSSR count). The molecule has 3 unspecified atom stereocenters. The molecule has 0 saturated carbocycles. The summed E-state index contributed by atoms with van der Waals surface area (Å²) in [5, 5.41) is 0. The minimum Gasteiger partial charge on any atom is -0.350 e. The van der Waals surface area contributed by atoms with Crippen LogP contribution < -0.4 is 0 Å². The molecule has 0 radical (unpaired) electrons. The van der Waals surface area contributed by atoms with Crippen LogP contribution in [0.15, 0.2) is 23.8 Å². The van der Waals surface area contributed by atoms with Crippen LogP contribution in [0.4, 0.5) is 0 Å². The Morgan fingerprint density at radius 1 is 1.44 bits per heavy atom. The van der Waals surface area contributed by atoms with Crippen molar-refractivity contribution in [1.29, 1.82) is 0 Å². The molecule has 2 aliphatic rings. The minimum atomic E-state index is -0.244. The van der Waals surface area contributed by atoms with Crippen LogP contribution in [-0.4, -0.2) is 25.3 Å². The fourth-order valence-electron chi connectivity index (χ4n) is 2.96. The van der Waals surface area contributed by atoms with Crippen LogP contribution in [0.1, 0.15) is 27.2 Å². The standard InChI is InChI=1S/C15H22O3/c1-9(2)12-6-5-10(3)14(16)13(12)11(4)15-17-7-8-18-15/h5,11-13,15H,1,6-8H2,2-4H3. The average molecular weight is 250 g/mol. The molecule has 100 valence electrons. The highest BCUT2D eigenvalue weighted by molar-refractivity contribution is 5.98. The third-order valence-corrected chi connectivity index (χ3v) is 4.08. The van der Waals surface area contributed by atoms with Crippen molar-refractivity contribution in [2.75, 3.05) is 13.2 Å². The first kappa shape index (κ1) is 13.5. The van der Waals surface area contributed by atoms with E-state index in [4.69, 9.17) is 9.47 Å². The van der Waals surface area contributed by atoms with Crippen molar-refractivity contribution in [3.05, 3.63) is 23.8 Å². The molecule has 1 saturated heterocycles. The van der Waals surface area contributed by atoms with Crippen molar-refractivity contribution in [3.63, 3.8) is 0 Å². The Kier molecular flexibility index (Phi) is 4.03. The lowest BCUT2D eigenvalue weighted by Crippen LogP contribution is -2.39. The molecule has 1 fully saturated rings. The molecule has 1 aliphatic carbocycles. The smallest absolute Gasteiger partial charge is 0.162 e. The lowest BCUT2D eigenvalue weighted by Gasteiger charge is -2.35. The lowest BCUT2D eigenvalue weighted by atomic mass is 9.70. The van der Waals surface area contributed by atoms with E-state index in [1.54, 1.807) is 0 Å². The molecule has 0 amide bonds. The molecule has 0 bridgehead atoms. The zero-order chi connectivity index (χ0) is 13.3. The van der Waals surface area contributed by atoms with Crippen LogP contribution in [0.5, 0.6) is 0 Å². The van der Waals surface area contributed by atoms with Crippen LogP contribution in [-0.2, 0) is 14.3 Å². The molecule has 3 atom stereocenters. The van der Waals surface area contributed by atoms with Gasteiger partial charge in [0.05, 0.1) is 13.2 Å². The van der Waals surface area contributed by atoms with Crippen molar-refractivity contribution in [2.24, 2.45) is 17.8 Å². The second-order valence-corrected chi connectivity index (χ2v) is 5.43. The van der Waals surface area contributed by atoms with Crippen LogP contribution >= 0.6 is 0 Å². The average Bonchev–Trinajstić information content (AvgIpc) is 2.84. The molecular formula is C15H22O3. The minimum absolute atomic E-state index is 0.0596. The Labute approximate surface area is 109 Å². The van der Waals surface area contributed by atoms with Gasteiger partial charge in [0, 0.05) is 11.8 Å². The highest BCUT2D eigenvalue weighted by atomic mass is 16.7. The van der Waals surface area contributed by atoms with Gasteiger partial charge in [0.2, 0.25) is 0 Å². The zero-order valence-electron chi connectivity index (χ0n) is 11.4. The number of ether oxygens (including phenoxy) is 2. The van der Waals surface area contributed by atoms with Crippen LogP contribution in [0.25, 0.3) is 0 Å². The number of carbonyl (C=O) groups is 1. The number of ketones is 1. The maximum atomic E-state index is 12.4. The maximum Gasteiger partial charge on any atom is 0.162 e. The van der Waals surface area contributed by atoms with Gasteiger partial charge in [-0.3, -0.25) is 4.79 Å². The Balaban J connectivity index is 2.22. The van der Waals surface area contributed by atoms with E-state index in [0.717, 1.165) is 17.6 Å². The summed E-state index contributed by atoms with van der Waals surface area (Å²) < 4.78 is 11.1. The predicted octanol–water partition coefficient (Wildman–Crippen LogP) is 2.72. The molecule has 0 spiro atoms. The largest absolute Gasteiger partial charge is 0.350 e. The Hall–Kier alpha value is -0.930. The fraction of sp³-hybridized carbons (Fsp3) is 0.667. The van der Waals surface area contributed by atoms with Gasteiger partial charge >= 0.3 is 0 Å². The molecular weight excluding hydrogens is 228 g/mol. The Morgan fingerprint density at radius 3 is 2.61 bits per heavy atom. The third kappa shape index (κ3) is 2.43. The van der Waals surface area contributed by atoms with E-state index < -0.39 is 0 Å². The van der Waals surface area contributed by atoms with Crippen molar-refractivity contribution < 1.29 is 14.3 Å². The first-order valence-electron chi connectivity index (χ1n) is 6.62. The van der Waals surface area contributed by atoms with E-state index in [1.165, 1.54) is 0 Å². The topological polar surface area (TPSA) is 35.5 Å². The van der Waals surface area contributed by atoms with Crippen LogP contribution in [0.2, 0.25) is 0 Å². The molecule has 3 nitrogen and oxygen atoms in total. The molecule has 0 aromatic carbocycles. The Morgan fingerprint density at radius 2 is 2.06 bits per heavy atom. The van der Waals surface area contributed by atoms with E-state index in [0.29, 0.717) is 13.2 Å². The van der Waals surface area contributed by atoms with Crippen LogP contribution in [0.3, 0.4) is 0 Å². The number of carbonyl (C=O) groups excluding carboxylic acids is 1. The van der Waals surface area contributed by atoms with Gasteiger partial charge in [-0.25, -0.2) is 0 Å². The summed E-state index contributed by atoms with van der Waals surface area (Å²) in [5.74, 6) is 0.450. The lowest BCUT2D eigenvalue weighted by molar-refractivity contribution is -0.134. The highest BCUT2D eigenvalue weighted by Crippen LogP contribution is 2.38. The van der Waals surface area contributed by atoms with E-state index in [9.17, 15) is 4.79 Å². The van der Waals surface area contributed by atoms with Crippen LogP contribution in [0, 0.1) is 17.8 Å². The molecule has 0 aromatic heterocycles. The molecule has 18 heavy (non-hydrogen) atoms. The fourth-order valence-corrected chi connectivity index (χ4v) is 2.96. The van der Waals surface area contributed by atoms with Gasteiger partial charge < -0.3 is 9.47 Å². The second-order valence-electron chi connectivity index (χ2n) is 5.43. The van der Waals surface area contributed by atoms with Gasteiger partial charge in [0.15, 0.2) is 12.1 Å². The van der Waals surface area contributed by atoms with Crippen molar-refractivity contribution in [2.45, 2.75) is 33.5 Å². The second kappa shape index (κ2) is 5.37. The summed E-state index contributed by atoms with van der Waals surface area (Å²) in [6, 6.07) is 0. The number of allylic oxidation sites excluding steroid dienone is 3. The van der Waals surface area contributed by atoms with Gasteiger partial charge in [-0.2, -0.15) is 0 Å². The third-order valence-electron chi connectivity index (χ3n) is 4.08. The zero-order valence-corrected chi connectivity index (χ0v) is 11.4. The normalized spacial score (nSPS) is 31.3. The molecule has 3 heteroatoms. The number of rotatable bonds is 3. The van der Waals surface area contributed by atoms with Gasteiger partial charge in [0.25, 0.3) is 0 Å². The van der Waals surface area contributed by atoms with Crippen molar-refractivity contribution in [3.8, 4) is 0 Å². The first-order valence-corrected chi connectivity index (χ1v) is 6.62. The molecule has 1 heterocycles. The number of hydrogen-bond acceptors (Lipinski definition) is 3. The number of Topliss-reactive ketones (excluding diaryl/α,β-unsaturated/α-hetero) is 1. The van der Waals surface area contributed by atoms with Gasteiger partial charge in [0.1, 0.15) is 0 Å². The summed E-state index contributed by atoms with van der Waals surface area (Å²) in [6.45, 7) is 11.2. The monoisotopic (exact) mass is 250 g/mol. The van der Waals surface area contributed by atoms with Gasteiger partial charge in [-0.05, 0) is 31.8 Å². The van der Waals surface area contributed by atoms with E-state index in [-0.39, 0.29) is 29.8 Å². The summed E-state index contributed by atoms with van der Waals surface area (Å²) in [7, 11) is 0. The summed E-state index contributed by atoms with van der Waals surface area (Å²) >= 11 is 0.